The molecule has 0 atom stereocenters. The average molecular weight is 317 g/mol. The van der Waals surface area contributed by atoms with Crippen LogP contribution in [-0.2, 0) is 0 Å². The van der Waals surface area contributed by atoms with Gasteiger partial charge in [-0.25, -0.2) is 4.98 Å². The van der Waals surface area contributed by atoms with Crippen molar-refractivity contribution < 1.29 is 4.79 Å². The zero-order valence-corrected chi connectivity index (χ0v) is 11.5. The van der Waals surface area contributed by atoms with Crippen molar-refractivity contribution in [3.63, 3.8) is 0 Å². The van der Waals surface area contributed by atoms with Crippen LogP contribution in [0.5, 0.6) is 0 Å². The highest BCUT2D eigenvalue weighted by Crippen LogP contribution is 2.33. The Hall–Kier alpha value is -0.710. The molecule has 0 saturated carbocycles. The Morgan fingerprint density at radius 2 is 2.25 bits per heavy atom. The molecule has 0 saturated heterocycles. The number of halogens is 2. The van der Waals surface area contributed by atoms with Crippen molar-refractivity contribution >= 4 is 44.7 Å². The van der Waals surface area contributed by atoms with E-state index in [4.69, 9.17) is 11.6 Å². The lowest BCUT2D eigenvalue weighted by Gasteiger charge is -2.00. The fraction of sp³-hybridized carbons (Fsp3) is 0.0909. The van der Waals surface area contributed by atoms with Crippen molar-refractivity contribution in [2.24, 2.45) is 0 Å². The summed E-state index contributed by atoms with van der Waals surface area (Å²) in [5.41, 5.74) is 0.849. The molecule has 0 aliphatic carbocycles. The van der Waals surface area contributed by atoms with Gasteiger partial charge in [0.1, 0.15) is 5.01 Å². The molecule has 0 bridgehead atoms. The molecule has 0 aliphatic heterocycles. The summed E-state index contributed by atoms with van der Waals surface area (Å²) in [5, 5.41) is 1.39. The molecule has 0 fully saturated rings. The van der Waals surface area contributed by atoms with E-state index in [0.717, 1.165) is 15.0 Å². The van der Waals surface area contributed by atoms with Gasteiger partial charge in [-0.05, 0) is 18.2 Å². The number of aromatic nitrogens is 1. The van der Waals surface area contributed by atoms with Crippen LogP contribution in [0.3, 0.4) is 0 Å². The van der Waals surface area contributed by atoms with Crippen LogP contribution in [0.15, 0.2) is 28.9 Å². The first-order valence-corrected chi connectivity index (χ1v) is 6.49. The Balaban J connectivity index is 2.46. The lowest BCUT2D eigenvalue weighted by atomic mass is 10.2. The standard InChI is InChI=1S/C11H7BrClNOS/c1-6(15)10-5-14-11(16-10)8-3-2-7(12)4-9(8)13/h2-5H,1H3. The van der Waals surface area contributed by atoms with Crippen LogP contribution in [0.2, 0.25) is 5.02 Å². The van der Waals surface area contributed by atoms with Gasteiger partial charge in [-0.1, -0.05) is 27.5 Å². The highest BCUT2D eigenvalue weighted by atomic mass is 79.9. The predicted molar refractivity (Wildman–Crippen MR) is 70.3 cm³/mol. The maximum absolute atomic E-state index is 11.2. The van der Waals surface area contributed by atoms with E-state index < -0.39 is 0 Å². The molecule has 16 heavy (non-hydrogen) atoms. The molecule has 0 aliphatic rings. The van der Waals surface area contributed by atoms with Crippen molar-refractivity contribution in [2.45, 2.75) is 6.92 Å². The van der Waals surface area contributed by atoms with Crippen LogP contribution in [0.4, 0.5) is 0 Å². The van der Waals surface area contributed by atoms with E-state index in [9.17, 15) is 4.79 Å². The highest BCUT2D eigenvalue weighted by Gasteiger charge is 2.10. The van der Waals surface area contributed by atoms with E-state index in [1.807, 2.05) is 18.2 Å². The Bertz CT molecular complexity index is 553. The van der Waals surface area contributed by atoms with Gasteiger partial charge in [0.05, 0.1) is 9.90 Å². The molecular formula is C11H7BrClNOS. The molecule has 1 aromatic heterocycles. The van der Waals surface area contributed by atoms with Crippen LogP contribution in [0.25, 0.3) is 10.6 Å². The van der Waals surface area contributed by atoms with Crippen molar-refractivity contribution in [2.75, 3.05) is 0 Å². The van der Waals surface area contributed by atoms with Crippen LogP contribution in [-0.4, -0.2) is 10.8 Å². The summed E-state index contributed by atoms with van der Waals surface area (Å²) >= 11 is 10.8. The van der Waals surface area contributed by atoms with Crippen molar-refractivity contribution in [1.82, 2.24) is 4.98 Å². The van der Waals surface area contributed by atoms with E-state index >= 15 is 0 Å². The van der Waals surface area contributed by atoms with Crippen molar-refractivity contribution in [1.29, 1.82) is 0 Å². The van der Waals surface area contributed by atoms with Crippen molar-refractivity contribution in [3.05, 3.63) is 38.8 Å². The molecule has 0 N–H and O–H groups in total. The third-order valence-corrected chi connectivity index (χ3v) is 3.95. The molecule has 0 unspecified atom stereocenters. The third kappa shape index (κ3) is 2.34. The van der Waals surface area contributed by atoms with Gasteiger partial charge in [0.2, 0.25) is 0 Å². The number of carbonyl (C=O) groups is 1. The van der Waals surface area contributed by atoms with Gasteiger partial charge in [-0.15, -0.1) is 11.3 Å². The maximum atomic E-state index is 11.2. The fourth-order valence-corrected chi connectivity index (χ4v) is 2.89. The number of hydrogen-bond acceptors (Lipinski definition) is 3. The van der Waals surface area contributed by atoms with Crippen LogP contribution >= 0.6 is 38.9 Å². The number of Topliss-reactive ketones (excluding diaryl/α,β-unsaturated/α-hetero) is 1. The van der Waals surface area contributed by atoms with Crippen LogP contribution < -0.4 is 0 Å². The highest BCUT2D eigenvalue weighted by molar-refractivity contribution is 9.10. The molecule has 2 rings (SSSR count). The van der Waals surface area contributed by atoms with Crippen molar-refractivity contribution in [3.8, 4) is 10.6 Å². The first-order chi connectivity index (χ1) is 7.58. The quantitative estimate of drug-likeness (QED) is 0.767. The second kappa shape index (κ2) is 4.65. The van der Waals surface area contributed by atoms with E-state index in [1.54, 1.807) is 6.20 Å². The normalized spacial score (nSPS) is 10.4. The zero-order valence-electron chi connectivity index (χ0n) is 8.33. The van der Waals surface area contributed by atoms with Gasteiger partial charge in [0.25, 0.3) is 0 Å². The Morgan fingerprint density at radius 3 is 2.81 bits per heavy atom. The summed E-state index contributed by atoms with van der Waals surface area (Å²) < 4.78 is 0.921. The number of thiazole rings is 1. The summed E-state index contributed by atoms with van der Waals surface area (Å²) in [4.78, 5) is 16.0. The molecule has 5 heteroatoms. The number of benzene rings is 1. The Morgan fingerprint density at radius 1 is 1.50 bits per heavy atom. The van der Waals surface area contributed by atoms with Crippen LogP contribution in [0.1, 0.15) is 16.6 Å². The van der Waals surface area contributed by atoms with Gasteiger partial charge in [-0.3, -0.25) is 4.79 Å². The zero-order chi connectivity index (χ0) is 11.7. The molecule has 2 aromatic rings. The van der Waals surface area contributed by atoms with Gasteiger partial charge >= 0.3 is 0 Å². The lowest BCUT2D eigenvalue weighted by molar-refractivity contribution is 0.102. The van der Waals surface area contributed by atoms with Gasteiger partial charge in [0, 0.05) is 23.2 Å². The van der Waals surface area contributed by atoms with E-state index in [1.165, 1.54) is 18.3 Å². The molecule has 0 radical (unpaired) electrons. The maximum Gasteiger partial charge on any atom is 0.171 e. The molecule has 2 nitrogen and oxygen atoms in total. The predicted octanol–water partition coefficient (Wildman–Crippen LogP) is 4.43. The van der Waals surface area contributed by atoms with Crippen LogP contribution in [0, 0.1) is 0 Å². The second-order valence-corrected chi connectivity index (χ2v) is 5.56. The fourth-order valence-electron chi connectivity index (χ4n) is 1.22. The largest absolute Gasteiger partial charge is 0.294 e. The third-order valence-electron chi connectivity index (χ3n) is 2.01. The minimum atomic E-state index is 0.0250. The molecule has 1 aromatic carbocycles. The number of rotatable bonds is 2. The molecule has 0 spiro atoms. The van der Waals surface area contributed by atoms with Gasteiger partial charge < -0.3 is 0 Å². The summed E-state index contributed by atoms with van der Waals surface area (Å²) in [5.74, 6) is 0.0250. The number of nitrogens with zero attached hydrogens (tertiary/aromatic N) is 1. The Labute approximate surface area is 110 Å². The summed E-state index contributed by atoms with van der Waals surface area (Å²) in [6, 6.07) is 5.59. The summed E-state index contributed by atoms with van der Waals surface area (Å²) in [6.07, 6.45) is 1.58. The van der Waals surface area contributed by atoms with Gasteiger partial charge in [0.15, 0.2) is 5.78 Å². The van der Waals surface area contributed by atoms with E-state index in [2.05, 4.69) is 20.9 Å². The Kier molecular flexibility index (Phi) is 3.42. The van der Waals surface area contributed by atoms with Gasteiger partial charge in [-0.2, -0.15) is 0 Å². The SMILES string of the molecule is CC(=O)c1cnc(-c2ccc(Br)cc2Cl)s1. The topological polar surface area (TPSA) is 30.0 Å². The number of carbonyl (C=O) groups excluding carboxylic acids is 1. The minimum Gasteiger partial charge on any atom is -0.294 e. The number of ketones is 1. The second-order valence-electron chi connectivity index (χ2n) is 3.21. The minimum absolute atomic E-state index is 0.0250. The average Bonchev–Trinajstić information content (AvgIpc) is 2.66. The lowest BCUT2D eigenvalue weighted by Crippen LogP contribution is -1.83. The number of hydrogen-bond donors (Lipinski definition) is 0. The van der Waals surface area contributed by atoms with E-state index in [-0.39, 0.29) is 5.78 Å². The smallest absolute Gasteiger partial charge is 0.171 e. The monoisotopic (exact) mass is 315 g/mol. The summed E-state index contributed by atoms with van der Waals surface area (Å²) in [7, 11) is 0. The molecule has 1 heterocycles. The first-order valence-electron chi connectivity index (χ1n) is 4.50. The molecular weight excluding hydrogens is 310 g/mol. The van der Waals surface area contributed by atoms with E-state index in [0.29, 0.717) is 9.90 Å². The summed E-state index contributed by atoms with van der Waals surface area (Å²) in [6.45, 7) is 1.53. The first kappa shape index (κ1) is 11.8. The molecule has 82 valence electrons. The molecule has 0 amide bonds.